The van der Waals surface area contributed by atoms with Gasteiger partial charge >= 0.3 is 5.97 Å². The molecule has 3 nitrogen and oxygen atoms in total. The highest BCUT2D eigenvalue weighted by atomic mass is 16.4. The molecule has 0 bridgehead atoms. The monoisotopic (exact) mass is 206 g/mol. The van der Waals surface area contributed by atoms with Gasteiger partial charge in [0.1, 0.15) is 0 Å². The maximum absolute atomic E-state index is 10.6. The summed E-state index contributed by atoms with van der Waals surface area (Å²) in [5.74, 6) is -0.940. The van der Waals surface area contributed by atoms with Crippen molar-refractivity contribution in [1.82, 2.24) is 0 Å². The summed E-state index contributed by atoms with van der Waals surface area (Å²) in [7, 11) is 0. The van der Waals surface area contributed by atoms with E-state index >= 15 is 0 Å². The van der Waals surface area contributed by atoms with E-state index in [1.807, 2.05) is 30.3 Å². The zero-order chi connectivity index (χ0) is 10.9. The molecule has 1 aromatic rings. The third-order valence-corrected chi connectivity index (χ3v) is 3.14. The lowest BCUT2D eigenvalue weighted by Crippen LogP contribution is -2.28. The third kappa shape index (κ3) is 1.88. The molecular formula is C12H14O3. The Hall–Kier alpha value is -1.35. The number of rotatable bonds is 4. The quantitative estimate of drug-likeness (QED) is 0.785. The molecule has 1 unspecified atom stereocenters. The van der Waals surface area contributed by atoms with Crippen LogP contribution < -0.4 is 0 Å². The van der Waals surface area contributed by atoms with Crippen molar-refractivity contribution in [2.75, 3.05) is 0 Å². The van der Waals surface area contributed by atoms with E-state index in [0.29, 0.717) is 0 Å². The largest absolute Gasteiger partial charge is 0.481 e. The first-order chi connectivity index (χ1) is 7.15. The third-order valence-electron chi connectivity index (χ3n) is 3.14. The first-order valence-corrected chi connectivity index (χ1v) is 5.10. The van der Waals surface area contributed by atoms with Crippen molar-refractivity contribution < 1.29 is 15.0 Å². The zero-order valence-electron chi connectivity index (χ0n) is 8.39. The van der Waals surface area contributed by atoms with Gasteiger partial charge in [0.05, 0.1) is 12.5 Å². The molecule has 0 saturated heterocycles. The Labute approximate surface area is 88.4 Å². The van der Waals surface area contributed by atoms with Gasteiger partial charge in [-0.05, 0) is 18.4 Å². The number of carboxylic acid groups (broad SMARTS) is 1. The molecule has 3 heteroatoms. The van der Waals surface area contributed by atoms with Gasteiger partial charge in [-0.3, -0.25) is 4.79 Å². The Morgan fingerprint density at radius 2 is 1.93 bits per heavy atom. The SMILES string of the molecule is O=C(O)CC(O)C1(c2ccccc2)CC1. The Morgan fingerprint density at radius 3 is 2.40 bits per heavy atom. The van der Waals surface area contributed by atoms with Gasteiger partial charge in [0.15, 0.2) is 0 Å². The summed E-state index contributed by atoms with van der Waals surface area (Å²) in [6.45, 7) is 0. The number of hydrogen-bond acceptors (Lipinski definition) is 2. The molecule has 1 atom stereocenters. The van der Waals surface area contributed by atoms with Gasteiger partial charge in [0.2, 0.25) is 0 Å². The van der Waals surface area contributed by atoms with Crippen LogP contribution in [0, 0.1) is 0 Å². The van der Waals surface area contributed by atoms with Crippen LogP contribution in [0.1, 0.15) is 24.8 Å². The first kappa shape index (κ1) is 10.2. The van der Waals surface area contributed by atoms with Crippen molar-refractivity contribution in [3.63, 3.8) is 0 Å². The number of carboxylic acids is 1. The molecule has 0 radical (unpaired) electrons. The van der Waals surface area contributed by atoms with Crippen LogP contribution in [0.25, 0.3) is 0 Å². The molecule has 0 spiro atoms. The Kier molecular flexibility index (Phi) is 2.49. The fourth-order valence-corrected chi connectivity index (χ4v) is 2.08. The van der Waals surface area contributed by atoms with Gasteiger partial charge in [0, 0.05) is 5.41 Å². The van der Waals surface area contributed by atoms with Crippen molar-refractivity contribution in [1.29, 1.82) is 0 Å². The van der Waals surface area contributed by atoms with Crippen LogP contribution >= 0.6 is 0 Å². The van der Waals surface area contributed by atoms with Crippen LogP contribution in [0.4, 0.5) is 0 Å². The molecular weight excluding hydrogens is 192 g/mol. The average Bonchev–Trinajstić information content (AvgIpc) is 2.99. The number of aliphatic hydroxyl groups is 1. The number of aliphatic hydroxyl groups excluding tert-OH is 1. The van der Waals surface area contributed by atoms with E-state index in [2.05, 4.69) is 0 Å². The Bertz CT molecular complexity index is 354. The molecule has 0 aromatic heterocycles. The highest BCUT2D eigenvalue weighted by Crippen LogP contribution is 2.51. The number of carbonyl (C=O) groups is 1. The molecule has 1 aromatic carbocycles. The van der Waals surface area contributed by atoms with Crippen LogP contribution in [0.15, 0.2) is 30.3 Å². The summed E-state index contributed by atoms with van der Waals surface area (Å²) < 4.78 is 0. The second-order valence-corrected chi connectivity index (χ2v) is 4.14. The fraction of sp³-hybridized carbons (Fsp3) is 0.417. The topological polar surface area (TPSA) is 57.5 Å². The molecule has 1 fully saturated rings. The minimum absolute atomic E-state index is 0.172. The van der Waals surface area contributed by atoms with Crippen LogP contribution in [0.2, 0.25) is 0 Å². The Balaban J connectivity index is 2.17. The number of hydrogen-bond donors (Lipinski definition) is 2. The number of aliphatic carboxylic acids is 1. The standard InChI is InChI=1S/C12H14O3/c13-10(8-11(14)15)12(6-7-12)9-4-2-1-3-5-9/h1-5,10,13H,6-8H2,(H,14,15). The molecule has 0 aliphatic heterocycles. The lowest BCUT2D eigenvalue weighted by atomic mass is 9.88. The first-order valence-electron chi connectivity index (χ1n) is 5.10. The van der Waals surface area contributed by atoms with Gasteiger partial charge in [-0.25, -0.2) is 0 Å². The predicted octanol–water partition coefficient (Wildman–Crippen LogP) is 1.55. The van der Waals surface area contributed by atoms with Gasteiger partial charge < -0.3 is 10.2 Å². The van der Waals surface area contributed by atoms with Gasteiger partial charge in [-0.1, -0.05) is 30.3 Å². The summed E-state index contributed by atoms with van der Waals surface area (Å²) >= 11 is 0. The molecule has 1 saturated carbocycles. The summed E-state index contributed by atoms with van der Waals surface area (Å²) in [5.41, 5.74) is 0.762. The molecule has 0 heterocycles. The normalized spacial score (nSPS) is 19.5. The maximum atomic E-state index is 10.6. The lowest BCUT2D eigenvalue weighted by molar-refractivity contribution is -0.139. The van der Waals surface area contributed by atoms with Crippen molar-refractivity contribution in [2.45, 2.75) is 30.8 Å². The molecule has 1 aliphatic rings. The molecule has 15 heavy (non-hydrogen) atoms. The van der Waals surface area contributed by atoms with E-state index in [0.717, 1.165) is 18.4 Å². The fourth-order valence-electron chi connectivity index (χ4n) is 2.08. The van der Waals surface area contributed by atoms with Crippen molar-refractivity contribution in [3.05, 3.63) is 35.9 Å². The van der Waals surface area contributed by atoms with Crippen molar-refractivity contribution >= 4 is 5.97 Å². The molecule has 80 valence electrons. The van der Waals surface area contributed by atoms with E-state index < -0.39 is 12.1 Å². The number of benzene rings is 1. The van der Waals surface area contributed by atoms with Crippen LogP contribution in [-0.4, -0.2) is 22.3 Å². The zero-order valence-corrected chi connectivity index (χ0v) is 8.39. The minimum atomic E-state index is -0.940. The molecule has 1 aliphatic carbocycles. The van der Waals surface area contributed by atoms with Crippen LogP contribution in [0.5, 0.6) is 0 Å². The summed E-state index contributed by atoms with van der Waals surface area (Å²) in [4.78, 5) is 10.6. The van der Waals surface area contributed by atoms with E-state index in [9.17, 15) is 9.90 Å². The van der Waals surface area contributed by atoms with E-state index in [-0.39, 0.29) is 11.8 Å². The summed E-state index contributed by atoms with van der Waals surface area (Å²) in [5, 5.41) is 18.5. The summed E-state index contributed by atoms with van der Waals surface area (Å²) in [6.07, 6.45) is 0.823. The Morgan fingerprint density at radius 1 is 1.33 bits per heavy atom. The van der Waals surface area contributed by atoms with Gasteiger partial charge in [-0.15, -0.1) is 0 Å². The lowest BCUT2D eigenvalue weighted by Gasteiger charge is -2.21. The summed E-state index contributed by atoms with van der Waals surface area (Å²) in [6, 6.07) is 9.67. The second kappa shape index (κ2) is 3.66. The smallest absolute Gasteiger partial charge is 0.306 e. The molecule has 0 amide bonds. The predicted molar refractivity (Wildman–Crippen MR) is 55.6 cm³/mol. The van der Waals surface area contributed by atoms with Crippen molar-refractivity contribution in [3.8, 4) is 0 Å². The van der Waals surface area contributed by atoms with Crippen molar-refractivity contribution in [2.24, 2.45) is 0 Å². The van der Waals surface area contributed by atoms with Gasteiger partial charge in [-0.2, -0.15) is 0 Å². The van der Waals surface area contributed by atoms with E-state index in [1.54, 1.807) is 0 Å². The molecule has 2 N–H and O–H groups in total. The van der Waals surface area contributed by atoms with Gasteiger partial charge in [0.25, 0.3) is 0 Å². The average molecular weight is 206 g/mol. The minimum Gasteiger partial charge on any atom is -0.481 e. The van der Waals surface area contributed by atoms with E-state index in [4.69, 9.17) is 5.11 Å². The van der Waals surface area contributed by atoms with Crippen LogP contribution in [-0.2, 0) is 10.2 Å². The van der Waals surface area contributed by atoms with Crippen LogP contribution in [0.3, 0.4) is 0 Å². The highest BCUT2D eigenvalue weighted by molar-refractivity contribution is 5.68. The van der Waals surface area contributed by atoms with E-state index in [1.165, 1.54) is 0 Å². The maximum Gasteiger partial charge on any atom is 0.306 e. The highest BCUT2D eigenvalue weighted by Gasteiger charge is 2.50. The second-order valence-electron chi connectivity index (χ2n) is 4.14. The molecule has 2 rings (SSSR count).